The van der Waals surface area contributed by atoms with Crippen molar-refractivity contribution in [2.24, 2.45) is 4.99 Å². The molecule has 0 aliphatic heterocycles. The highest BCUT2D eigenvalue weighted by atomic mass is 16.5. The SMILES string of the molecule is CCCCCCNC(=NC)NCCCCCCC(=O)OC. The number of hydrogen-bond donors (Lipinski definition) is 2. The standard InChI is InChI=1S/C16H33N3O2/c1-4-5-6-10-13-18-16(17-2)19-14-11-8-7-9-12-15(20)21-3/h4-14H2,1-3H3,(H2,17,18,19). The van der Waals surface area contributed by atoms with Crippen molar-refractivity contribution in [2.45, 2.75) is 64.7 Å². The number of unbranched alkanes of at least 4 members (excludes halogenated alkanes) is 6. The second-order valence-corrected chi connectivity index (χ2v) is 5.23. The first-order chi connectivity index (χ1) is 10.2. The van der Waals surface area contributed by atoms with Gasteiger partial charge < -0.3 is 15.4 Å². The number of carbonyl (C=O) groups excluding carboxylic acids is 1. The molecule has 5 heteroatoms. The Labute approximate surface area is 129 Å². The predicted molar refractivity (Wildman–Crippen MR) is 88.6 cm³/mol. The summed E-state index contributed by atoms with van der Waals surface area (Å²) in [5.74, 6) is 0.779. The van der Waals surface area contributed by atoms with E-state index < -0.39 is 0 Å². The molecule has 5 nitrogen and oxygen atoms in total. The molecule has 0 rings (SSSR count). The number of ether oxygens (including phenoxy) is 1. The molecule has 0 fully saturated rings. The Bertz CT molecular complexity index is 281. The molecule has 0 saturated heterocycles. The molecule has 0 aromatic rings. The van der Waals surface area contributed by atoms with Crippen LogP contribution >= 0.6 is 0 Å². The number of aliphatic imine (C=N–C) groups is 1. The van der Waals surface area contributed by atoms with Crippen molar-refractivity contribution in [1.29, 1.82) is 0 Å². The lowest BCUT2D eigenvalue weighted by Crippen LogP contribution is -2.38. The molecule has 0 heterocycles. The number of nitrogens with zero attached hydrogens (tertiary/aromatic N) is 1. The van der Waals surface area contributed by atoms with E-state index in [9.17, 15) is 4.79 Å². The van der Waals surface area contributed by atoms with Crippen LogP contribution < -0.4 is 10.6 Å². The maximum absolute atomic E-state index is 10.9. The zero-order valence-corrected chi connectivity index (χ0v) is 14.0. The van der Waals surface area contributed by atoms with E-state index in [0.717, 1.165) is 44.7 Å². The Morgan fingerprint density at radius 2 is 1.52 bits per heavy atom. The van der Waals surface area contributed by atoms with Crippen LogP contribution in [0.25, 0.3) is 0 Å². The van der Waals surface area contributed by atoms with Crippen LogP contribution in [0.4, 0.5) is 0 Å². The van der Waals surface area contributed by atoms with E-state index in [1.54, 1.807) is 7.05 Å². The fourth-order valence-corrected chi connectivity index (χ4v) is 2.04. The van der Waals surface area contributed by atoms with Crippen LogP contribution in [0, 0.1) is 0 Å². The first-order valence-corrected chi connectivity index (χ1v) is 8.26. The summed E-state index contributed by atoms with van der Waals surface area (Å²) in [6, 6.07) is 0. The van der Waals surface area contributed by atoms with E-state index in [0.29, 0.717) is 6.42 Å². The molecular formula is C16H33N3O2. The summed E-state index contributed by atoms with van der Waals surface area (Å²) in [6.07, 6.45) is 9.78. The molecule has 0 amide bonds. The number of methoxy groups -OCH3 is 1. The minimum Gasteiger partial charge on any atom is -0.469 e. The number of carbonyl (C=O) groups is 1. The molecule has 0 atom stereocenters. The molecule has 0 saturated carbocycles. The largest absolute Gasteiger partial charge is 0.469 e. The van der Waals surface area contributed by atoms with E-state index >= 15 is 0 Å². The molecular weight excluding hydrogens is 266 g/mol. The summed E-state index contributed by atoms with van der Waals surface area (Å²) in [6.45, 7) is 4.13. The van der Waals surface area contributed by atoms with Crippen LogP contribution in [-0.4, -0.2) is 39.2 Å². The Balaban J connectivity index is 3.41. The Kier molecular flexibility index (Phi) is 14.2. The molecule has 124 valence electrons. The lowest BCUT2D eigenvalue weighted by molar-refractivity contribution is -0.140. The normalized spacial score (nSPS) is 11.3. The maximum atomic E-state index is 10.9. The highest BCUT2D eigenvalue weighted by Crippen LogP contribution is 2.03. The number of rotatable bonds is 12. The minimum atomic E-state index is -0.110. The van der Waals surface area contributed by atoms with Crippen molar-refractivity contribution in [1.82, 2.24) is 10.6 Å². The smallest absolute Gasteiger partial charge is 0.305 e. The monoisotopic (exact) mass is 299 g/mol. The lowest BCUT2D eigenvalue weighted by Gasteiger charge is -2.11. The number of guanidine groups is 1. The van der Waals surface area contributed by atoms with Crippen LogP contribution in [0.2, 0.25) is 0 Å². The summed E-state index contributed by atoms with van der Waals surface area (Å²) >= 11 is 0. The molecule has 0 radical (unpaired) electrons. The van der Waals surface area contributed by atoms with Crippen LogP contribution in [-0.2, 0) is 9.53 Å². The number of hydrogen-bond acceptors (Lipinski definition) is 3. The van der Waals surface area contributed by atoms with E-state index in [1.165, 1.54) is 32.8 Å². The number of esters is 1. The molecule has 0 spiro atoms. The fraction of sp³-hybridized carbons (Fsp3) is 0.875. The molecule has 0 aliphatic rings. The van der Waals surface area contributed by atoms with E-state index in [1.807, 2.05) is 0 Å². The van der Waals surface area contributed by atoms with Gasteiger partial charge in [0.25, 0.3) is 0 Å². The van der Waals surface area contributed by atoms with Crippen LogP contribution in [0.3, 0.4) is 0 Å². The van der Waals surface area contributed by atoms with Crippen molar-refractivity contribution in [2.75, 3.05) is 27.2 Å². The lowest BCUT2D eigenvalue weighted by atomic mass is 10.1. The van der Waals surface area contributed by atoms with Gasteiger partial charge in [-0.05, 0) is 19.3 Å². The molecule has 21 heavy (non-hydrogen) atoms. The van der Waals surface area contributed by atoms with Crippen molar-refractivity contribution in [3.63, 3.8) is 0 Å². The van der Waals surface area contributed by atoms with Crippen molar-refractivity contribution in [3.05, 3.63) is 0 Å². The van der Waals surface area contributed by atoms with Crippen molar-refractivity contribution in [3.8, 4) is 0 Å². The van der Waals surface area contributed by atoms with E-state index in [2.05, 4.69) is 27.3 Å². The predicted octanol–water partition coefficient (Wildman–Crippen LogP) is 2.86. The highest BCUT2D eigenvalue weighted by Gasteiger charge is 2.00. The van der Waals surface area contributed by atoms with Crippen molar-refractivity contribution < 1.29 is 9.53 Å². The quantitative estimate of drug-likeness (QED) is 0.252. The zero-order valence-electron chi connectivity index (χ0n) is 14.0. The van der Waals surface area contributed by atoms with E-state index in [-0.39, 0.29) is 5.97 Å². The minimum absolute atomic E-state index is 0.110. The van der Waals surface area contributed by atoms with Gasteiger partial charge in [0.2, 0.25) is 0 Å². The molecule has 2 N–H and O–H groups in total. The fourth-order valence-electron chi connectivity index (χ4n) is 2.04. The summed E-state index contributed by atoms with van der Waals surface area (Å²) in [5, 5.41) is 6.65. The number of nitrogens with one attached hydrogen (secondary N) is 2. The maximum Gasteiger partial charge on any atom is 0.305 e. The molecule has 0 unspecified atom stereocenters. The molecule has 0 aromatic heterocycles. The van der Waals surface area contributed by atoms with Gasteiger partial charge in [0, 0.05) is 26.6 Å². The van der Waals surface area contributed by atoms with Crippen LogP contribution in [0.1, 0.15) is 64.7 Å². The van der Waals surface area contributed by atoms with Gasteiger partial charge in [-0.3, -0.25) is 9.79 Å². The summed E-state index contributed by atoms with van der Waals surface area (Å²) in [4.78, 5) is 15.1. The average molecular weight is 299 g/mol. The summed E-state index contributed by atoms with van der Waals surface area (Å²) in [5.41, 5.74) is 0. The zero-order chi connectivity index (χ0) is 15.8. The molecule has 0 bridgehead atoms. The average Bonchev–Trinajstić information content (AvgIpc) is 2.51. The third kappa shape index (κ3) is 13.5. The van der Waals surface area contributed by atoms with Gasteiger partial charge >= 0.3 is 5.97 Å². The van der Waals surface area contributed by atoms with Gasteiger partial charge in [-0.15, -0.1) is 0 Å². The van der Waals surface area contributed by atoms with Crippen LogP contribution in [0.15, 0.2) is 4.99 Å². The van der Waals surface area contributed by atoms with Gasteiger partial charge in [0.15, 0.2) is 5.96 Å². The first kappa shape index (κ1) is 19.7. The Morgan fingerprint density at radius 3 is 2.05 bits per heavy atom. The highest BCUT2D eigenvalue weighted by molar-refractivity contribution is 5.79. The summed E-state index contributed by atoms with van der Waals surface area (Å²) in [7, 11) is 3.24. The van der Waals surface area contributed by atoms with E-state index in [4.69, 9.17) is 0 Å². The first-order valence-electron chi connectivity index (χ1n) is 8.26. The third-order valence-corrected chi connectivity index (χ3v) is 3.37. The Morgan fingerprint density at radius 1 is 0.952 bits per heavy atom. The molecule has 0 aromatic carbocycles. The van der Waals surface area contributed by atoms with Crippen LogP contribution in [0.5, 0.6) is 0 Å². The molecule has 0 aliphatic carbocycles. The Hall–Kier alpha value is -1.26. The van der Waals surface area contributed by atoms with Crippen molar-refractivity contribution >= 4 is 11.9 Å². The second kappa shape index (κ2) is 15.1. The van der Waals surface area contributed by atoms with Gasteiger partial charge in [0.1, 0.15) is 0 Å². The topological polar surface area (TPSA) is 62.7 Å². The van der Waals surface area contributed by atoms with Gasteiger partial charge in [-0.2, -0.15) is 0 Å². The summed E-state index contributed by atoms with van der Waals surface area (Å²) < 4.78 is 4.61. The van der Waals surface area contributed by atoms with Gasteiger partial charge in [0.05, 0.1) is 7.11 Å². The van der Waals surface area contributed by atoms with Gasteiger partial charge in [-0.25, -0.2) is 0 Å². The van der Waals surface area contributed by atoms with Gasteiger partial charge in [-0.1, -0.05) is 39.0 Å². The second-order valence-electron chi connectivity index (χ2n) is 5.23. The third-order valence-electron chi connectivity index (χ3n) is 3.37.